The minimum Gasteiger partial charge on any atom is -0.330 e. The molecule has 0 saturated heterocycles. The molecule has 3 heterocycles. The molecule has 0 fully saturated rings. The molecule has 3 rings (SSSR count). The molecule has 0 unspecified atom stereocenters. The Morgan fingerprint density at radius 3 is 3.17 bits per heavy atom. The summed E-state index contributed by atoms with van der Waals surface area (Å²) in [6.07, 6.45) is 2.14. The molecule has 0 N–H and O–H groups in total. The van der Waals surface area contributed by atoms with Crippen molar-refractivity contribution in [1.82, 2.24) is 30.0 Å². The first-order valence-electron chi connectivity index (χ1n) is 7.02. The molecule has 0 aromatic carbocycles. The molecule has 7 nitrogen and oxygen atoms in total. The summed E-state index contributed by atoms with van der Waals surface area (Å²) >= 11 is 0. The SMILES string of the molecule is [2H]c1cn2c(=O)c(-c3nnn[n-]3)cnc2c(C([2H])([2H])[2H])c1[2H].[K+]. The number of hydrogen-bond donors (Lipinski definition) is 0. The molecule has 0 atom stereocenters. The van der Waals surface area contributed by atoms with Crippen LogP contribution < -0.4 is 62.0 Å². The number of aryl methyl sites for hydroxylation is 1. The zero-order valence-corrected chi connectivity index (χ0v) is 12.4. The maximum Gasteiger partial charge on any atom is 1.00 e. The van der Waals surface area contributed by atoms with Crippen LogP contribution in [0.2, 0.25) is 0 Å². The van der Waals surface area contributed by atoms with Crippen molar-refractivity contribution < 1.29 is 58.2 Å². The average Bonchev–Trinajstić information content (AvgIpc) is 2.94. The molecule has 8 heteroatoms. The van der Waals surface area contributed by atoms with Crippen LogP contribution in [0, 0.1) is 6.85 Å². The predicted molar refractivity (Wildman–Crippen MR) is 58.3 cm³/mol. The van der Waals surface area contributed by atoms with Crippen LogP contribution in [0.25, 0.3) is 17.0 Å². The van der Waals surface area contributed by atoms with Gasteiger partial charge in [-0.1, -0.05) is 6.04 Å². The standard InChI is InChI=1S/C10H7N6O.K/c1-6-3-2-4-16-9(6)11-5-7(10(16)17)8-12-14-15-13-8;/h2-5H,1H3;/q-1;+1/i1D3,2D,3D;. The van der Waals surface area contributed by atoms with Gasteiger partial charge < -0.3 is 5.10 Å². The molecule has 0 bridgehead atoms. The Kier molecular flexibility index (Phi) is 2.47. The van der Waals surface area contributed by atoms with Gasteiger partial charge in [0.25, 0.3) is 5.56 Å². The van der Waals surface area contributed by atoms with Gasteiger partial charge in [-0.15, -0.1) is 0 Å². The zero-order valence-electron chi connectivity index (χ0n) is 14.2. The number of fused-ring (bicyclic) bond motifs is 1. The second-order valence-corrected chi connectivity index (χ2v) is 3.15. The minimum absolute atomic E-state index is 0. The van der Waals surface area contributed by atoms with Crippen molar-refractivity contribution in [2.75, 3.05) is 0 Å². The third-order valence-corrected chi connectivity index (χ3v) is 2.17. The molecule has 0 amide bonds. The van der Waals surface area contributed by atoms with Crippen LogP contribution in [0.15, 0.2) is 29.3 Å². The van der Waals surface area contributed by atoms with Crippen LogP contribution in [0.5, 0.6) is 0 Å². The summed E-state index contributed by atoms with van der Waals surface area (Å²) in [5, 5.41) is 13.6. The Morgan fingerprint density at radius 2 is 2.44 bits per heavy atom. The minimum atomic E-state index is -2.68. The normalized spacial score (nSPS) is 15.0. The van der Waals surface area contributed by atoms with Crippen LogP contribution in [0.1, 0.15) is 12.4 Å². The van der Waals surface area contributed by atoms with Gasteiger partial charge in [-0.25, -0.2) is 4.98 Å². The Hall–Kier alpha value is -0.934. The Balaban J connectivity index is 0.00000192. The summed E-state index contributed by atoms with van der Waals surface area (Å²) in [6.45, 7) is -2.68. The molecule has 3 aromatic heterocycles. The first kappa shape index (κ1) is 8.28. The van der Waals surface area contributed by atoms with E-state index in [9.17, 15) is 4.79 Å². The maximum atomic E-state index is 12.4. The fraction of sp³-hybridized carbons (Fsp3) is 0.100. The molecule has 18 heavy (non-hydrogen) atoms. The summed E-state index contributed by atoms with van der Waals surface area (Å²) in [4.78, 5) is 16.4. The van der Waals surface area contributed by atoms with Crippen LogP contribution in [0.4, 0.5) is 0 Å². The van der Waals surface area contributed by atoms with Crippen LogP contribution in [-0.4, -0.2) is 24.9 Å². The van der Waals surface area contributed by atoms with E-state index in [-0.39, 0.29) is 68.4 Å². The molecular weight excluding hydrogens is 259 g/mol. The van der Waals surface area contributed by atoms with Gasteiger partial charge in [0.2, 0.25) is 0 Å². The van der Waals surface area contributed by atoms with Gasteiger partial charge in [-0.3, -0.25) is 19.5 Å². The number of aromatic nitrogens is 6. The maximum absolute atomic E-state index is 12.4. The van der Waals surface area contributed by atoms with Gasteiger partial charge in [-0.2, -0.15) is 5.21 Å². The van der Waals surface area contributed by atoms with Crippen LogP contribution in [-0.2, 0) is 0 Å². The number of rotatable bonds is 1. The van der Waals surface area contributed by atoms with Crippen molar-refractivity contribution in [2.24, 2.45) is 0 Å². The fourth-order valence-corrected chi connectivity index (χ4v) is 1.40. The van der Waals surface area contributed by atoms with E-state index < -0.39 is 30.1 Å². The molecule has 0 radical (unpaired) electrons. The van der Waals surface area contributed by atoms with Gasteiger partial charge in [0.05, 0.1) is 8.30 Å². The molecule has 0 saturated carbocycles. The van der Waals surface area contributed by atoms with Gasteiger partial charge in [-0.05, 0) is 18.5 Å². The molecule has 3 aromatic rings. The van der Waals surface area contributed by atoms with Gasteiger partial charge in [0, 0.05) is 22.3 Å². The van der Waals surface area contributed by atoms with E-state index in [0.717, 1.165) is 16.8 Å². The van der Waals surface area contributed by atoms with Crippen molar-refractivity contribution in [1.29, 1.82) is 0 Å². The topological polar surface area (TPSA) is 87.1 Å². The summed E-state index contributed by atoms with van der Waals surface area (Å²) in [6, 6.07) is -0.896. The van der Waals surface area contributed by atoms with Crippen molar-refractivity contribution >= 4 is 5.65 Å². The Morgan fingerprint density at radius 1 is 1.56 bits per heavy atom. The number of pyridine rings is 1. The van der Waals surface area contributed by atoms with Crippen molar-refractivity contribution in [3.63, 3.8) is 0 Å². The second-order valence-electron chi connectivity index (χ2n) is 3.15. The average molecular weight is 271 g/mol. The van der Waals surface area contributed by atoms with E-state index in [0.29, 0.717) is 0 Å². The molecule has 0 aliphatic carbocycles. The quantitative estimate of drug-likeness (QED) is 0.434. The van der Waals surface area contributed by atoms with Crippen LogP contribution >= 0.6 is 0 Å². The van der Waals surface area contributed by atoms with Crippen molar-refractivity contribution in [3.8, 4) is 11.4 Å². The van der Waals surface area contributed by atoms with Gasteiger partial charge >= 0.3 is 51.4 Å². The van der Waals surface area contributed by atoms with E-state index in [1.807, 2.05) is 0 Å². The molecule has 0 spiro atoms. The summed E-state index contributed by atoms with van der Waals surface area (Å²) < 4.78 is 38.8. The van der Waals surface area contributed by atoms with Crippen molar-refractivity contribution in [3.05, 3.63) is 40.4 Å². The largest absolute Gasteiger partial charge is 1.00 e. The Bertz CT molecular complexity index is 922. The predicted octanol–water partition coefficient (Wildman–Crippen LogP) is -3.18. The van der Waals surface area contributed by atoms with E-state index in [2.05, 4.69) is 25.6 Å². The number of nitrogens with zero attached hydrogens (tertiary/aromatic N) is 6. The third kappa shape index (κ3) is 2.17. The molecule has 84 valence electrons. The molecular formula is C10H7KN6O. The monoisotopic (exact) mass is 271 g/mol. The number of hydrogen-bond acceptors (Lipinski definition) is 5. The summed E-state index contributed by atoms with van der Waals surface area (Å²) in [7, 11) is 0. The first-order chi connectivity index (χ1) is 10.3. The number of tetrazole rings is 1. The van der Waals surface area contributed by atoms with Crippen LogP contribution in [0.3, 0.4) is 0 Å². The zero-order chi connectivity index (χ0) is 16.1. The Labute approximate surface area is 151 Å². The second kappa shape index (κ2) is 5.37. The molecule has 0 aliphatic heterocycles. The van der Waals surface area contributed by atoms with E-state index >= 15 is 0 Å². The van der Waals surface area contributed by atoms with Gasteiger partial charge in [0.15, 0.2) is 0 Å². The summed E-state index contributed by atoms with van der Waals surface area (Å²) in [5.41, 5.74) is -1.36. The molecule has 0 aliphatic rings. The first-order valence-corrected chi connectivity index (χ1v) is 4.52. The fourth-order valence-electron chi connectivity index (χ4n) is 1.40. The van der Waals surface area contributed by atoms with Crippen molar-refractivity contribution in [2.45, 2.75) is 6.85 Å². The van der Waals surface area contributed by atoms with E-state index in [1.165, 1.54) is 0 Å². The van der Waals surface area contributed by atoms with E-state index in [4.69, 9.17) is 6.85 Å². The van der Waals surface area contributed by atoms with Gasteiger partial charge in [0.1, 0.15) is 5.65 Å². The van der Waals surface area contributed by atoms with E-state index in [1.54, 1.807) is 0 Å². The smallest absolute Gasteiger partial charge is 0.330 e. The summed E-state index contributed by atoms with van der Waals surface area (Å²) in [5.74, 6) is -0.0520. The third-order valence-electron chi connectivity index (χ3n) is 2.17.